The molecule has 0 heterocycles. The van der Waals surface area contributed by atoms with Gasteiger partial charge in [0.05, 0.1) is 12.0 Å². The number of hydrogen-bond acceptors (Lipinski definition) is 4. The minimum Gasteiger partial charge on any atom is -1.00 e. The predicted molar refractivity (Wildman–Crippen MR) is 47.7 cm³/mol. The van der Waals surface area contributed by atoms with Crippen molar-refractivity contribution in [1.82, 2.24) is 0 Å². The molecule has 0 aromatic heterocycles. The first-order valence-electron chi connectivity index (χ1n) is 3.69. The van der Waals surface area contributed by atoms with E-state index < -0.39 is 16.1 Å². The zero-order valence-electron chi connectivity index (χ0n) is 9.48. The van der Waals surface area contributed by atoms with Gasteiger partial charge in [0.1, 0.15) is 0 Å². The van der Waals surface area contributed by atoms with Crippen molar-refractivity contribution in [2.45, 2.75) is 20.3 Å². The van der Waals surface area contributed by atoms with Crippen LogP contribution in [0.25, 0.3) is 0 Å². The van der Waals surface area contributed by atoms with Gasteiger partial charge in [-0.1, -0.05) is 6.92 Å². The van der Waals surface area contributed by atoms with Gasteiger partial charge in [0.15, 0.2) is 0 Å². The Balaban J connectivity index is -0.000000720. The van der Waals surface area contributed by atoms with E-state index in [2.05, 4.69) is 4.74 Å². The van der Waals surface area contributed by atoms with Crippen molar-refractivity contribution in [2.24, 2.45) is 0 Å². The van der Waals surface area contributed by atoms with Gasteiger partial charge in [0.25, 0.3) is 10.1 Å². The summed E-state index contributed by atoms with van der Waals surface area (Å²) in [4.78, 5) is 10.9. The van der Waals surface area contributed by atoms with E-state index >= 15 is 0 Å². The average Bonchev–Trinajstić information content (AvgIpc) is 1.96. The van der Waals surface area contributed by atoms with E-state index in [9.17, 15) is 13.2 Å². The molecule has 0 aromatic rings. The number of hydrogen-bond donors (Lipinski definition) is 1. The molecular formula is C7H13KO5S. The molecule has 14 heavy (non-hydrogen) atoms. The van der Waals surface area contributed by atoms with Gasteiger partial charge in [0.2, 0.25) is 0 Å². The van der Waals surface area contributed by atoms with E-state index in [1.807, 2.05) is 6.92 Å². The molecule has 0 bridgehead atoms. The molecule has 0 aliphatic rings. The zero-order valence-corrected chi connectivity index (χ0v) is 12.4. The monoisotopic (exact) mass is 248 g/mol. The Morgan fingerprint density at radius 1 is 1.57 bits per heavy atom. The Morgan fingerprint density at radius 3 is 2.43 bits per heavy atom. The van der Waals surface area contributed by atoms with Gasteiger partial charge in [-0.15, -0.1) is 0 Å². The molecule has 0 saturated carbocycles. The molecule has 0 aromatic carbocycles. The van der Waals surface area contributed by atoms with Crippen LogP contribution in [-0.4, -0.2) is 25.5 Å². The van der Waals surface area contributed by atoms with Crippen LogP contribution in [0.1, 0.15) is 21.7 Å². The van der Waals surface area contributed by atoms with Crippen LogP contribution in [0.3, 0.4) is 0 Å². The second-order valence-corrected chi connectivity index (χ2v) is 3.72. The van der Waals surface area contributed by atoms with Gasteiger partial charge in [-0.2, -0.15) is 8.42 Å². The van der Waals surface area contributed by atoms with Gasteiger partial charge in [0, 0.05) is 5.57 Å². The van der Waals surface area contributed by atoms with E-state index in [-0.39, 0.29) is 65.0 Å². The third-order valence-corrected chi connectivity index (χ3v) is 1.74. The van der Waals surface area contributed by atoms with E-state index in [1.54, 1.807) is 0 Å². The molecule has 0 saturated heterocycles. The maximum Gasteiger partial charge on any atom is 1.00 e. The van der Waals surface area contributed by atoms with Gasteiger partial charge >= 0.3 is 57.4 Å². The molecule has 0 aliphatic carbocycles. The van der Waals surface area contributed by atoms with E-state index in [0.717, 1.165) is 0 Å². The zero-order chi connectivity index (χ0) is 10.5. The van der Waals surface area contributed by atoms with Crippen molar-refractivity contribution in [1.29, 1.82) is 0 Å². The van der Waals surface area contributed by atoms with E-state index in [4.69, 9.17) is 4.55 Å². The molecule has 0 unspecified atom stereocenters. The van der Waals surface area contributed by atoms with Crippen molar-refractivity contribution in [2.75, 3.05) is 6.61 Å². The third kappa shape index (κ3) is 9.32. The van der Waals surface area contributed by atoms with Crippen LogP contribution in [0, 0.1) is 0 Å². The van der Waals surface area contributed by atoms with Crippen LogP contribution >= 0.6 is 0 Å². The summed E-state index contributed by atoms with van der Waals surface area (Å²) in [5.41, 5.74) is -0.143. The fourth-order valence-corrected chi connectivity index (χ4v) is 1.12. The maximum atomic E-state index is 10.9. The predicted octanol–water partition coefficient (Wildman–Crippen LogP) is -2.15. The molecule has 5 nitrogen and oxygen atoms in total. The Kier molecular flexibility index (Phi) is 9.77. The number of esters is 1. The summed E-state index contributed by atoms with van der Waals surface area (Å²) in [6.45, 7) is 3.30. The van der Waals surface area contributed by atoms with Crippen LogP contribution in [0.5, 0.6) is 0 Å². The van der Waals surface area contributed by atoms with Crippen LogP contribution < -0.4 is 51.4 Å². The fourth-order valence-electron chi connectivity index (χ4n) is 0.580. The minimum absolute atomic E-state index is 0. The molecule has 0 aliphatic heterocycles. The van der Waals surface area contributed by atoms with Crippen molar-refractivity contribution in [3.05, 3.63) is 11.0 Å². The third-order valence-electron chi connectivity index (χ3n) is 1.08. The molecule has 7 heteroatoms. The van der Waals surface area contributed by atoms with E-state index in [1.165, 1.54) is 6.92 Å². The molecule has 78 valence electrons. The quantitative estimate of drug-likeness (QED) is 0.265. The molecule has 0 radical (unpaired) electrons. The number of ether oxygens (including phenoxy) is 1. The summed E-state index contributed by atoms with van der Waals surface area (Å²) in [6.07, 6.45) is 0.658. The van der Waals surface area contributed by atoms with Gasteiger partial charge in [-0.05, 0) is 13.3 Å². The molecule has 0 atom stereocenters. The summed E-state index contributed by atoms with van der Waals surface area (Å²) >= 11 is 0. The first kappa shape index (κ1) is 17.2. The minimum atomic E-state index is -4.26. The summed E-state index contributed by atoms with van der Waals surface area (Å²) in [6, 6.07) is 0. The average molecular weight is 248 g/mol. The summed E-state index contributed by atoms with van der Waals surface area (Å²) in [5, 5.41) is 0.463. The van der Waals surface area contributed by atoms with Crippen molar-refractivity contribution >= 4 is 16.1 Å². The van der Waals surface area contributed by atoms with Crippen molar-refractivity contribution in [3.8, 4) is 0 Å². The van der Waals surface area contributed by atoms with Crippen LogP contribution in [0.2, 0.25) is 0 Å². The van der Waals surface area contributed by atoms with Crippen molar-refractivity contribution < 1.29 is 75.3 Å². The number of carbonyl (C=O) groups is 1. The Bertz CT molecular complexity index is 311. The number of rotatable bonds is 4. The summed E-state index contributed by atoms with van der Waals surface area (Å²) in [7, 11) is -4.26. The van der Waals surface area contributed by atoms with Gasteiger partial charge < -0.3 is 6.16 Å². The second kappa shape index (κ2) is 7.97. The topological polar surface area (TPSA) is 80.7 Å². The summed E-state index contributed by atoms with van der Waals surface area (Å²) < 4.78 is 33.5. The van der Waals surface area contributed by atoms with E-state index in [0.29, 0.717) is 11.8 Å². The normalized spacial score (nSPS) is 11.8. The van der Waals surface area contributed by atoms with Crippen LogP contribution in [-0.2, 0) is 19.6 Å². The van der Waals surface area contributed by atoms with Crippen LogP contribution in [0.4, 0.5) is 0 Å². The molecule has 0 amide bonds. The smallest absolute Gasteiger partial charge is 1.00 e. The number of carbonyl (C=O) groups excluding carboxylic acids is 1. The van der Waals surface area contributed by atoms with Gasteiger partial charge in [-0.3, -0.25) is 4.55 Å². The Hall–Kier alpha value is 0.756. The Morgan fingerprint density at radius 2 is 2.07 bits per heavy atom. The first-order chi connectivity index (χ1) is 5.87. The Labute approximate surface area is 128 Å². The fraction of sp³-hybridized carbons (Fsp3) is 0.571. The summed E-state index contributed by atoms with van der Waals surface area (Å²) in [5.74, 6) is -0.737. The standard InChI is InChI=1S/C7H12O5S.K.H/c1-3-4-12-7(8)6(2)5-13(9,10)11;;/h5H,3-4H2,1-2H3,(H,9,10,11);;/q;+1;-1. The molecule has 0 rings (SSSR count). The molecular weight excluding hydrogens is 235 g/mol. The SMILES string of the molecule is CCCOC(=O)C(C)=CS(=O)(=O)O.[H-].[K+]. The first-order valence-corrected chi connectivity index (χ1v) is 5.20. The maximum absolute atomic E-state index is 10.9. The van der Waals surface area contributed by atoms with Crippen molar-refractivity contribution in [3.63, 3.8) is 0 Å². The largest absolute Gasteiger partial charge is 1.00 e. The molecule has 0 fully saturated rings. The van der Waals surface area contributed by atoms with Crippen LogP contribution in [0.15, 0.2) is 11.0 Å². The second-order valence-electron chi connectivity index (χ2n) is 2.45. The van der Waals surface area contributed by atoms with Gasteiger partial charge in [-0.25, -0.2) is 4.79 Å². The molecule has 1 N–H and O–H groups in total. The molecule has 0 spiro atoms.